The SMILES string of the molecule is Cc1ccccc1/C=N\OCc1cc(Cl)cc2c1OCOC2. The molecule has 114 valence electrons. The highest BCUT2D eigenvalue weighted by Gasteiger charge is 2.16. The lowest BCUT2D eigenvalue weighted by Crippen LogP contribution is -2.13. The summed E-state index contributed by atoms with van der Waals surface area (Å²) in [5.41, 5.74) is 3.98. The molecule has 2 aromatic carbocycles. The fraction of sp³-hybridized carbons (Fsp3) is 0.235. The van der Waals surface area contributed by atoms with E-state index in [1.165, 1.54) is 0 Å². The summed E-state index contributed by atoms with van der Waals surface area (Å²) in [6.45, 7) is 3.07. The molecule has 22 heavy (non-hydrogen) atoms. The number of oxime groups is 1. The molecule has 1 aliphatic rings. The lowest BCUT2D eigenvalue weighted by atomic mass is 10.1. The van der Waals surface area contributed by atoms with E-state index >= 15 is 0 Å². The van der Waals surface area contributed by atoms with Gasteiger partial charge in [-0.3, -0.25) is 0 Å². The summed E-state index contributed by atoms with van der Waals surface area (Å²) in [5, 5.41) is 4.66. The molecule has 1 aliphatic heterocycles. The Labute approximate surface area is 134 Å². The number of hydrogen-bond donors (Lipinski definition) is 0. The summed E-state index contributed by atoms with van der Waals surface area (Å²) in [7, 11) is 0. The number of rotatable bonds is 4. The number of fused-ring (bicyclic) bond motifs is 1. The van der Waals surface area contributed by atoms with Crippen LogP contribution in [-0.4, -0.2) is 13.0 Å². The normalized spacial score (nSPS) is 13.7. The molecule has 4 nitrogen and oxygen atoms in total. The summed E-state index contributed by atoms with van der Waals surface area (Å²) in [5.74, 6) is 0.779. The Kier molecular flexibility index (Phi) is 4.61. The predicted molar refractivity (Wildman–Crippen MR) is 85.3 cm³/mol. The van der Waals surface area contributed by atoms with E-state index in [1.54, 1.807) is 6.21 Å². The molecular weight excluding hydrogens is 302 g/mol. The molecule has 0 aliphatic carbocycles. The van der Waals surface area contributed by atoms with Gasteiger partial charge in [-0.2, -0.15) is 0 Å². The molecule has 0 spiro atoms. The number of benzene rings is 2. The summed E-state index contributed by atoms with van der Waals surface area (Å²) in [6.07, 6.45) is 1.70. The van der Waals surface area contributed by atoms with E-state index in [0.717, 1.165) is 28.0 Å². The van der Waals surface area contributed by atoms with Gasteiger partial charge in [0.1, 0.15) is 12.4 Å². The van der Waals surface area contributed by atoms with Gasteiger partial charge in [0, 0.05) is 16.1 Å². The third-order valence-corrected chi connectivity index (χ3v) is 3.64. The highest BCUT2D eigenvalue weighted by atomic mass is 35.5. The van der Waals surface area contributed by atoms with Crippen molar-refractivity contribution >= 4 is 17.8 Å². The molecule has 5 heteroatoms. The Morgan fingerprint density at radius 2 is 2.18 bits per heavy atom. The lowest BCUT2D eigenvalue weighted by Gasteiger charge is -2.20. The average Bonchev–Trinajstić information content (AvgIpc) is 2.53. The van der Waals surface area contributed by atoms with Gasteiger partial charge < -0.3 is 14.3 Å². The fourth-order valence-electron chi connectivity index (χ4n) is 2.30. The average molecular weight is 318 g/mol. The van der Waals surface area contributed by atoms with Crippen LogP contribution in [-0.2, 0) is 22.8 Å². The molecule has 0 aromatic heterocycles. The number of ether oxygens (including phenoxy) is 2. The van der Waals surface area contributed by atoms with Gasteiger partial charge in [-0.1, -0.05) is 41.0 Å². The zero-order chi connectivity index (χ0) is 15.4. The highest BCUT2D eigenvalue weighted by molar-refractivity contribution is 6.30. The minimum atomic E-state index is 0.244. The summed E-state index contributed by atoms with van der Waals surface area (Å²) >= 11 is 6.11. The van der Waals surface area contributed by atoms with Gasteiger partial charge in [-0.15, -0.1) is 0 Å². The quantitative estimate of drug-likeness (QED) is 0.630. The number of hydrogen-bond acceptors (Lipinski definition) is 4. The van der Waals surface area contributed by atoms with E-state index in [-0.39, 0.29) is 6.79 Å². The first-order chi connectivity index (χ1) is 10.7. The topological polar surface area (TPSA) is 40.0 Å². The van der Waals surface area contributed by atoms with Crippen LogP contribution in [0.3, 0.4) is 0 Å². The second-order valence-corrected chi connectivity index (χ2v) is 5.46. The van der Waals surface area contributed by atoms with Crippen molar-refractivity contribution in [2.75, 3.05) is 6.79 Å². The maximum atomic E-state index is 6.11. The first kappa shape index (κ1) is 14.9. The van der Waals surface area contributed by atoms with Gasteiger partial charge in [0.2, 0.25) is 0 Å². The zero-order valence-electron chi connectivity index (χ0n) is 12.2. The van der Waals surface area contributed by atoms with Crippen LogP contribution in [0.15, 0.2) is 41.6 Å². The largest absolute Gasteiger partial charge is 0.467 e. The van der Waals surface area contributed by atoms with E-state index in [9.17, 15) is 0 Å². The number of aryl methyl sites for hydroxylation is 1. The van der Waals surface area contributed by atoms with E-state index in [4.69, 9.17) is 25.9 Å². The first-order valence-electron chi connectivity index (χ1n) is 6.97. The van der Waals surface area contributed by atoms with Crippen molar-refractivity contribution in [2.24, 2.45) is 5.16 Å². The van der Waals surface area contributed by atoms with Crippen LogP contribution < -0.4 is 4.74 Å². The molecule has 1 heterocycles. The molecule has 0 N–H and O–H groups in total. The van der Waals surface area contributed by atoms with E-state index in [2.05, 4.69) is 5.16 Å². The van der Waals surface area contributed by atoms with Crippen LogP contribution in [0.5, 0.6) is 5.75 Å². The third kappa shape index (κ3) is 3.40. The van der Waals surface area contributed by atoms with Gasteiger partial charge in [0.05, 0.1) is 12.8 Å². The molecule has 0 radical (unpaired) electrons. The van der Waals surface area contributed by atoms with Crippen molar-refractivity contribution in [3.05, 3.63) is 63.7 Å². The standard InChI is InChI=1S/C17H16ClNO3/c1-12-4-2-3-5-13(12)8-19-22-10-15-7-16(18)6-14-9-20-11-21-17(14)15/h2-8H,9-11H2,1H3/b19-8-. The molecule has 2 aromatic rings. The smallest absolute Gasteiger partial charge is 0.189 e. The zero-order valence-corrected chi connectivity index (χ0v) is 13.0. The minimum Gasteiger partial charge on any atom is -0.467 e. The Bertz CT molecular complexity index is 700. The van der Waals surface area contributed by atoms with Crippen LogP contribution in [0.25, 0.3) is 0 Å². The Morgan fingerprint density at radius 1 is 1.32 bits per heavy atom. The van der Waals surface area contributed by atoms with Crippen LogP contribution in [0.1, 0.15) is 22.3 Å². The van der Waals surface area contributed by atoms with Crippen LogP contribution in [0, 0.1) is 6.92 Å². The maximum Gasteiger partial charge on any atom is 0.189 e. The van der Waals surface area contributed by atoms with E-state index in [0.29, 0.717) is 18.2 Å². The third-order valence-electron chi connectivity index (χ3n) is 3.43. The van der Waals surface area contributed by atoms with Crippen molar-refractivity contribution in [3.63, 3.8) is 0 Å². The highest BCUT2D eigenvalue weighted by Crippen LogP contribution is 2.32. The molecular formula is C17H16ClNO3. The summed E-state index contributed by atoms with van der Waals surface area (Å²) in [4.78, 5) is 5.39. The number of halogens is 1. The molecule has 0 amide bonds. The number of nitrogens with zero attached hydrogens (tertiary/aromatic N) is 1. The Balaban J connectivity index is 1.69. The summed E-state index contributed by atoms with van der Waals surface area (Å²) in [6, 6.07) is 11.7. The Hall–Kier alpha value is -2.04. The minimum absolute atomic E-state index is 0.244. The molecule has 0 saturated heterocycles. The van der Waals surface area contributed by atoms with Gasteiger partial charge in [0.25, 0.3) is 0 Å². The Morgan fingerprint density at radius 3 is 3.05 bits per heavy atom. The molecule has 0 atom stereocenters. The predicted octanol–water partition coefficient (Wildman–Crippen LogP) is 4.07. The molecule has 3 rings (SSSR count). The van der Waals surface area contributed by atoms with Crippen molar-refractivity contribution in [3.8, 4) is 5.75 Å². The van der Waals surface area contributed by atoms with Crippen molar-refractivity contribution < 1.29 is 14.3 Å². The molecule has 0 fully saturated rings. The molecule has 0 saturated carbocycles. The van der Waals surface area contributed by atoms with Gasteiger partial charge in [-0.25, -0.2) is 0 Å². The van der Waals surface area contributed by atoms with Crippen LogP contribution in [0.2, 0.25) is 5.02 Å². The summed E-state index contributed by atoms with van der Waals surface area (Å²) < 4.78 is 10.8. The van der Waals surface area contributed by atoms with Gasteiger partial charge >= 0.3 is 0 Å². The monoisotopic (exact) mass is 317 g/mol. The molecule has 0 bridgehead atoms. The van der Waals surface area contributed by atoms with Crippen LogP contribution >= 0.6 is 11.6 Å². The maximum absolute atomic E-state index is 6.11. The van der Waals surface area contributed by atoms with Crippen molar-refractivity contribution in [1.29, 1.82) is 0 Å². The second-order valence-electron chi connectivity index (χ2n) is 5.03. The van der Waals surface area contributed by atoms with E-state index < -0.39 is 0 Å². The van der Waals surface area contributed by atoms with Gasteiger partial charge in [-0.05, 0) is 30.2 Å². The second kappa shape index (κ2) is 6.81. The fourth-order valence-corrected chi connectivity index (χ4v) is 2.56. The van der Waals surface area contributed by atoms with Crippen molar-refractivity contribution in [2.45, 2.75) is 20.1 Å². The van der Waals surface area contributed by atoms with Gasteiger partial charge in [0.15, 0.2) is 6.79 Å². The van der Waals surface area contributed by atoms with E-state index in [1.807, 2.05) is 43.3 Å². The first-order valence-corrected chi connectivity index (χ1v) is 7.34. The molecule has 0 unspecified atom stereocenters. The van der Waals surface area contributed by atoms with Crippen LogP contribution in [0.4, 0.5) is 0 Å². The van der Waals surface area contributed by atoms with Crippen molar-refractivity contribution in [1.82, 2.24) is 0 Å². The lowest BCUT2D eigenvalue weighted by molar-refractivity contribution is -0.0183.